The van der Waals surface area contributed by atoms with Gasteiger partial charge in [-0.25, -0.2) is 4.79 Å². The number of aromatic carboxylic acids is 1. The highest BCUT2D eigenvalue weighted by atomic mass is 16.5. The molecule has 1 aromatic carbocycles. The van der Waals surface area contributed by atoms with Crippen molar-refractivity contribution in [2.24, 2.45) is 0 Å². The summed E-state index contributed by atoms with van der Waals surface area (Å²) in [5.74, 6) is -0.891. The van der Waals surface area contributed by atoms with Gasteiger partial charge in [-0.15, -0.1) is 0 Å². The number of unbranched alkanes of at least 4 members (excludes halogenated alkanes) is 1. The standard InChI is InChI=1S/C14H20O3/c1-3-5-10-17-13(4-2)11-8-6-7-9-12(11)14(15)16/h6-9,13H,3-5,10H2,1-2H3,(H,15,16). The Balaban J connectivity index is 2.83. The van der Waals surface area contributed by atoms with Gasteiger partial charge in [0.2, 0.25) is 0 Å². The summed E-state index contributed by atoms with van der Waals surface area (Å²) in [6, 6.07) is 7.06. The van der Waals surface area contributed by atoms with E-state index in [1.807, 2.05) is 19.1 Å². The first-order chi connectivity index (χ1) is 8.20. The number of hydrogen-bond acceptors (Lipinski definition) is 2. The number of carbonyl (C=O) groups is 1. The van der Waals surface area contributed by atoms with Crippen LogP contribution in [0.4, 0.5) is 0 Å². The van der Waals surface area contributed by atoms with Crippen molar-refractivity contribution in [3.63, 3.8) is 0 Å². The van der Waals surface area contributed by atoms with Crippen LogP contribution in [0.2, 0.25) is 0 Å². The Bertz CT molecular complexity index is 360. The Morgan fingerprint density at radius 3 is 2.65 bits per heavy atom. The lowest BCUT2D eigenvalue weighted by atomic mass is 10.0. The van der Waals surface area contributed by atoms with Crippen LogP contribution in [0.1, 0.15) is 55.1 Å². The fourth-order valence-corrected chi connectivity index (χ4v) is 1.77. The molecule has 17 heavy (non-hydrogen) atoms. The molecule has 1 aromatic rings. The first-order valence-electron chi connectivity index (χ1n) is 6.14. The zero-order valence-corrected chi connectivity index (χ0v) is 10.5. The van der Waals surface area contributed by atoms with Gasteiger partial charge in [-0.05, 0) is 24.5 Å². The summed E-state index contributed by atoms with van der Waals surface area (Å²) in [6.45, 7) is 4.80. The monoisotopic (exact) mass is 236 g/mol. The molecule has 0 fully saturated rings. The molecule has 94 valence electrons. The van der Waals surface area contributed by atoms with Gasteiger partial charge < -0.3 is 9.84 Å². The second-order valence-corrected chi connectivity index (χ2v) is 4.01. The molecule has 1 rings (SSSR count). The highest BCUT2D eigenvalue weighted by molar-refractivity contribution is 5.89. The quantitative estimate of drug-likeness (QED) is 0.735. The molecule has 0 aliphatic rings. The molecule has 3 heteroatoms. The van der Waals surface area contributed by atoms with Crippen molar-refractivity contribution in [1.82, 2.24) is 0 Å². The molecular formula is C14H20O3. The maximum Gasteiger partial charge on any atom is 0.336 e. The largest absolute Gasteiger partial charge is 0.478 e. The predicted molar refractivity (Wildman–Crippen MR) is 67.3 cm³/mol. The zero-order chi connectivity index (χ0) is 12.7. The van der Waals surface area contributed by atoms with Gasteiger partial charge in [0, 0.05) is 6.61 Å². The Kier molecular flexibility index (Phi) is 5.70. The minimum atomic E-state index is -0.891. The summed E-state index contributed by atoms with van der Waals surface area (Å²) in [6.07, 6.45) is 2.75. The van der Waals surface area contributed by atoms with Crippen molar-refractivity contribution in [3.05, 3.63) is 35.4 Å². The molecule has 0 heterocycles. The van der Waals surface area contributed by atoms with Gasteiger partial charge in [-0.3, -0.25) is 0 Å². The molecule has 0 spiro atoms. The smallest absolute Gasteiger partial charge is 0.336 e. The number of rotatable bonds is 7. The minimum absolute atomic E-state index is 0.117. The van der Waals surface area contributed by atoms with Crippen molar-refractivity contribution in [1.29, 1.82) is 0 Å². The van der Waals surface area contributed by atoms with Gasteiger partial charge in [0.1, 0.15) is 0 Å². The molecule has 1 unspecified atom stereocenters. The molecule has 1 N–H and O–H groups in total. The lowest BCUT2D eigenvalue weighted by Crippen LogP contribution is -2.10. The average molecular weight is 236 g/mol. The lowest BCUT2D eigenvalue weighted by Gasteiger charge is -2.18. The highest BCUT2D eigenvalue weighted by Gasteiger charge is 2.17. The summed E-state index contributed by atoms with van der Waals surface area (Å²) in [5.41, 5.74) is 1.12. The normalized spacial score (nSPS) is 12.4. The highest BCUT2D eigenvalue weighted by Crippen LogP contribution is 2.24. The lowest BCUT2D eigenvalue weighted by molar-refractivity contribution is 0.0455. The summed E-state index contributed by atoms with van der Waals surface area (Å²) in [5, 5.41) is 9.13. The van der Waals surface area contributed by atoms with Crippen LogP contribution >= 0.6 is 0 Å². The minimum Gasteiger partial charge on any atom is -0.478 e. The van der Waals surface area contributed by atoms with Crippen LogP contribution in [0.15, 0.2) is 24.3 Å². The van der Waals surface area contributed by atoms with E-state index >= 15 is 0 Å². The van der Waals surface area contributed by atoms with E-state index in [-0.39, 0.29) is 6.10 Å². The van der Waals surface area contributed by atoms with Crippen LogP contribution in [0.25, 0.3) is 0 Å². The third-order valence-corrected chi connectivity index (χ3v) is 2.73. The predicted octanol–water partition coefficient (Wildman–Crippen LogP) is 3.65. The Morgan fingerprint density at radius 2 is 2.06 bits per heavy atom. The maximum atomic E-state index is 11.1. The second kappa shape index (κ2) is 7.07. The number of carboxylic acid groups (broad SMARTS) is 1. The van der Waals surface area contributed by atoms with E-state index in [1.165, 1.54) is 0 Å². The molecule has 0 saturated carbocycles. The molecule has 3 nitrogen and oxygen atoms in total. The number of benzene rings is 1. The van der Waals surface area contributed by atoms with Crippen LogP contribution in [-0.4, -0.2) is 17.7 Å². The Hall–Kier alpha value is -1.35. The van der Waals surface area contributed by atoms with Gasteiger partial charge in [0.15, 0.2) is 0 Å². The summed E-state index contributed by atoms with van der Waals surface area (Å²) in [7, 11) is 0. The van der Waals surface area contributed by atoms with E-state index in [9.17, 15) is 4.79 Å². The third-order valence-electron chi connectivity index (χ3n) is 2.73. The number of ether oxygens (including phenoxy) is 1. The van der Waals surface area contributed by atoms with Gasteiger partial charge in [0.05, 0.1) is 11.7 Å². The molecule has 1 atom stereocenters. The maximum absolute atomic E-state index is 11.1. The van der Waals surface area contributed by atoms with Crippen molar-refractivity contribution in [2.75, 3.05) is 6.61 Å². The molecule has 0 saturated heterocycles. The van der Waals surface area contributed by atoms with E-state index < -0.39 is 5.97 Å². The molecular weight excluding hydrogens is 216 g/mol. The van der Waals surface area contributed by atoms with Crippen LogP contribution in [0.5, 0.6) is 0 Å². The van der Waals surface area contributed by atoms with E-state index in [0.29, 0.717) is 12.2 Å². The van der Waals surface area contributed by atoms with Crippen molar-refractivity contribution >= 4 is 5.97 Å². The molecule has 0 bridgehead atoms. The Labute approximate surface area is 102 Å². The van der Waals surface area contributed by atoms with E-state index in [4.69, 9.17) is 9.84 Å². The van der Waals surface area contributed by atoms with Crippen LogP contribution in [-0.2, 0) is 4.74 Å². The molecule has 0 aromatic heterocycles. The zero-order valence-electron chi connectivity index (χ0n) is 10.5. The topological polar surface area (TPSA) is 46.5 Å². The fourth-order valence-electron chi connectivity index (χ4n) is 1.77. The van der Waals surface area contributed by atoms with E-state index in [0.717, 1.165) is 24.8 Å². The van der Waals surface area contributed by atoms with Crippen molar-refractivity contribution < 1.29 is 14.6 Å². The van der Waals surface area contributed by atoms with Gasteiger partial charge >= 0.3 is 5.97 Å². The van der Waals surface area contributed by atoms with Gasteiger partial charge in [-0.1, -0.05) is 38.5 Å². The molecule has 0 aliphatic heterocycles. The molecule has 0 radical (unpaired) electrons. The summed E-state index contributed by atoms with van der Waals surface area (Å²) in [4.78, 5) is 11.1. The van der Waals surface area contributed by atoms with Crippen LogP contribution in [0.3, 0.4) is 0 Å². The van der Waals surface area contributed by atoms with Crippen LogP contribution in [0, 0.1) is 0 Å². The average Bonchev–Trinajstić information content (AvgIpc) is 2.35. The Morgan fingerprint density at radius 1 is 1.35 bits per heavy atom. The van der Waals surface area contributed by atoms with Gasteiger partial charge in [-0.2, -0.15) is 0 Å². The third kappa shape index (κ3) is 3.86. The van der Waals surface area contributed by atoms with Crippen molar-refractivity contribution in [2.45, 2.75) is 39.2 Å². The van der Waals surface area contributed by atoms with Crippen molar-refractivity contribution in [3.8, 4) is 0 Å². The van der Waals surface area contributed by atoms with Gasteiger partial charge in [0.25, 0.3) is 0 Å². The number of hydrogen-bond donors (Lipinski definition) is 1. The van der Waals surface area contributed by atoms with Crippen LogP contribution < -0.4 is 0 Å². The van der Waals surface area contributed by atoms with E-state index in [1.54, 1.807) is 12.1 Å². The SMILES string of the molecule is CCCCOC(CC)c1ccccc1C(=O)O. The first kappa shape index (κ1) is 13.7. The van der Waals surface area contributed by atoms with E-state index in [2.05, 4.69) is 6.92 Å². The molecule has 0 amide bonds. The number of carboxylic acids is 1. The fraction of sp³-hybridized carbons (Fsp3) is 0.500. The summed E-state index contributed by atoms with van der Waals surface area (Å²) >= 11 is 0. The summed E-state index contributed by atoms with van der Waals surface area (Å²) < 4.78 is 5.75. The second-order valence-electron chi connectivity index (χ2n) is 4.01. The first-order valence-corrected chi connectivity index (χ1v) is 6.14. The molecule has 0 aliphatic carbocycles.